The van der Waals surface area contributed by atoms with E-state index in [0.29, 0.717) is 29.7 Å². The van der Waals surface area contributed by atoms with Gasteiger partial charge in [-0.2, -0.15) is 0 Å². The second kappa shape index (κ2) is 8.13. The Labute approximate surface area is 149 Å². The maximum Gasteiger partial charge on any atom is 0.279 e. The van der Waals surface area contributed by atoms with Gasteiger partial charge in [-0.1, -0.05) is 0 Å². The van der Waals surface area contributed by atoms with Crippen molar-refractivity contribution in [2.24, 2.45) is 11.7 Å². The standard InChI is InChI=1S/C17H21F2N7/c18-17(19)12(21)3-4-15-22-8-14(25-15)13-6-16(24-10-23-13)26-5-1-2-11(7-20)9-26/h3-4,6,8,10-11,17,21H,1-2,5,7,9,20H2,(H,22,25)/b4-3-,21-12?. The van der Waals surface area contributed by atoms with Crippen LogP contribution in [-0.2, 0) is 0 Å². The number of H-pyrrole nitrogens is 1. The van der Waals surface area contributed by atoms with Crippen molar-refractivity contribution in [3.8, 4) is 11.4 Å². The predicted molar refractivity (Wildman–Crippen MR) is 96.4 cm³/mol. The molecule has 0 aromatic carbocycles. The van der Waals surface area contributed by atoms with Gasteiger partial charge in [-0.25, -0.2) is 23.7 Å². The summed E-state index contributed by atoms with van der Waals surface area (Å²) in [5.74, 6) is 1.68. The summed E-state index contributed by atoms with van der Waals surface area (Å²) in [5.41, 5.74) is 6.36. The topological polar surface area (TPSA) is 108 Å². The average molecular weight is 361 g/mol. The Balaban J connectivity index is 1.75. The van der Waals surface area contributed by atoms with Crippen molar-refractivity contribution in [1.82, 2.24) is 19.9 Å². The van der Waals surface area contributed by atoms with Crippen LogP contribution in [0.3, 0.4) is 0 Å². The molecule has 26 heavy (non-hydrogen) atoms. The largest absolute Gasteiger partial charge is 0.356 e. The fraction of sp³-hybridized carbons (Fsp3) is 0.412. The summed E-state index contributed by atoms with van der Waals surface area (Å²) in [5, 5.41) is 7.12. The number of aromatic amines is 1. The molecule has 2 aromatic rings. The van der Waals surface area contributed by atoms with Gasteiger partial charge in [0.1, 0.15) is 18.0 Å². The molecule has 0 spiro atoms. The Hall–Kier alpha value is -2.68. The van der Waals surface area contributed by atoms with Gasteiger partial charge in [-0.15, -0.1) is 0 Å². The molecule has 0 amide bonds. The zero-order chi connectivity index (χ0) is 18.5. The molecule has 2 aromatic heterocycles. The van der Waals surface area contributed by atoms with Gasteiger partial charge in [0.05, 0.1) is 23.3 Å². The molecule has 4 N–H and O–H groups in total. The quantitative estimate of drug-likeness (QED) is 0.685. The highest BCUT2D eigenvalue weighted by atomic mass is 19.3. The molecule has 9 heteroatoms. The Morgan fingerprint density at radius 3 is 3.04 bits per heavy atom. The first-order chi connectivity index (χ1) is 12.6. The monoisotopic (exact) mass is 361 g/mol. The number of piperidine rings is 1. The van der Waals surface area contributed by atoms with Gasteiger partial charge in [0.2, 0.25) is 0 Å². The molecule has 0 bridgehead atoms. The number of nitrogens with zero attached hydrogens (tertiary/aromatic N) is 4. The Bertz CT molecular complexity index is 787. The molecule has 1 aliphatic heterocycles. The molecular weight excluding hydrogens is 340 g/mol. The predicted octanol–water partition coefficient (Wildman–Crippen LogP) is 2.34. The van der Waals surface area contributed by atoms with E-state index in [1.54, 1.807) is 6.20 Å². The summed E-state index contributed by atoms with van der Waals surface area (Å²) in [6.45, 7) is 2.47. The maximum atomic E-state index is 12.3. The molecule has 1 aliphatic rings. The van der Waals surface area contributed by atoms with Crippen LogP contribution in [0.4, 0.5) is 14.6 Å². The second-order valence-electron chi connectivity index (χ2n) is 6.22. The minimum atomic E-state index is -2.80. The maximum absolute atomic E-state index is 12.3. The summed E-state index contributed by atoms with van der Waals surface area (Å²) < 4.78 is 24.7. The van der Waals surface area contributed by atoms with E-state index in [9.17, 15) is 8.78 Å². The smallest absolute Gasteiger partial charge is 0.279 e. The molecule has 1 saturated heterocycles. The van der Waals surface area contributed by atoms with Crippen LogP contribution in [0, 0.1) is 11.3 Å². The van der Waals surface area contributed by atoms with Crippen LogP contribution in [0.2, 0.25) is 0 Å². The summed E-state index contributed by atoms with van der Waals surface area (Å²) in [6.07, 6.45) is 4.86. The lowest BCUT2D eigenvalue weighted by Crippen LogP contribution is -2.38. The number of imidazole rings is 1. The molecule has 1 atom stereocenters. The van der Waals surface area contributed by atoms with Crippen LogP contribution >= 0.6 is 0 Å². The van der Waals surface area contributed by atoms with E-state index in [1.807, 2.05) is 6.07 Å². The number of hydrogen-bond acceptors (Lipinski definition) is 6. The molecule has 0 saturated carbocycles. The lowest BCUT2D eigenvalue weighted by molar-refractivity contribution is 0.226. The summed E-state index contributed by atoms with van der Waals surface area (Å²) >= 11 is 0. The minimum absolute atomic E-state index is 0.381. The number of hydrogen-bond donors (Lipinski definition) is 3. The minimum Gasteiger partial charge on any atom is -0.356 e. The first-order valence-electron chi connectivity index (χ1n) is 8.44. The van der Waals surface area contributed by atoms with Crippen LogP contribution in [0.1, 0.15) is 18.7 Å². The SMILES string of the molecule is N=C(/C=C\c1ncc(-c2cc(N3CCCC(CN)C3)ncn2)[nH]1)C(F)F. The third-order valence-electron chi connectivity index (χ3n) is 4.36. The lowest BCUT2D eigenvalue weighted by Gasteiger charge is -2.33. The van der Waals surface area contributed by atoms with Crippen molar-refractivity contribution in [2.75, 3.05) is 24.5 Å². The first kappa shape index (κ1) is 18.1. The van der Waals surface area contributed by atoms with Gasteiger partial charge in [0.25, 0.3) is 6.43 Å². The molecule has 3 rings (SSSR count). The van der Waals surface area contributed by atoms with Gasteiger partial charge in [0.15, 0.2) is 0 Å². The summed E-state index contributed by atoms with van der Waals surface area (Å²) in [4.78, 5) is 17.9. The van der Waals surface area contributed by atoms with E-state index >= 15 is 0 Å². The third-order valence-corrected chi connectivity index (χ3v) is 4.36. The number of aromatic nitrogens is 4. The van der Waals surface area contributed by atoms with E-state index in [0.717, 1.165) is 37.8 Å². The Kier molecular flexibility index (Phi) is 5.67. The lowest BCUT2D eigenvalue weighted by atomic mass is 9.98. The Morgan fingerprint density at radius 2 is 2.27 bits per heavy atom. The highest BCUT2D eigenvalue weighted by molar-refractivity contribution is 5.97. The average Bonchev–Trinajstić information content (AvgIpc) is 3.15. The van der Waals surface area contributed by atoms with Crippen molar-refractivity contribution < 1.29 is 8.78 Å². The van der Waals surface area contributed by atoms with Gasteiger partial charge >= 0.3 is 0 Å². The van der Waals surface area contributed by atoms with Crippen molar-refractivity contribution >= 4 is 17.6 Å². The molecule has 3 heterocycles. The zero-order valence-corrected chi connectivity index (χ0v) is 14.2. The highest BCUT2D eigenvalue weighted by Gasteiger charge is 2.20. The molecule has 1 unspecified atom stereocenters. The number of allylic oxidation sites excluding steroid dienone is 1. The van der Waals surface area contributed by atoms with E-state index in [1.165, 1.54) is 12.4 Å². The van der Waals surface area contributed by atoms with Gasteiger partial charge < -0.3 is 15.6 Å². The van der Waals surface area contributed by atoms with Gasteiger partial charge in [-0.3, -0.25) is 5.41 Å². The third kappa shape index (κ3) is 4.29. The number of alkyl halides is 2. The fourth-order valence-corrected chi connectivity index (χ4v) is 2.93. The number of rotatable bonds is 6. The zero-order valence-electron chi connectivity index (χ0n) is 14.2. The van der Waals surface area contributed by atoms with Crippen LogP contribution < -0.4 is 10.6 Å². The second-order valence-corrected chi connectivity index (χ2v) is 6.22. The number of halogens is 2. The Morgan fingerprint density at radius 1 is 1.42 bits per heavy atom. The van der Waals surface area contributed by atoms with Gasteiger partial charge in [0, 0.05) is 19.2 Å². The molecule has 0 radical (unpaired) electrons. The molecule has 1 fully saturated rings. The van der Waals surface area contributed by atoms with E-state index < -0.39 is 12.1 Å². The van der Waals surface area contributed by atoms with E-state index in [2.05, 4.69) is 24.8 Å². The summed E-state index contributed by atoms with van der Waals surface area (Å²) in [6, 6.07) is 1.88. The van der Waals surface area contributed by atoms with Crippen LogP contribution in [-0.4, -0.2) is 51.7 Å². The highest BCUT2D eigenvalue weighted by Crippen LogP contribution is 2.24. The van der Waals surface area contributed by atoms with E-state index in [-0.39, 0.29) is 0 Å². The normalized spacial score (nSPS) is 18.0. The van der Waals surface area contributed by atoms with Crippen molar-refractivity contribution in [1.29, 1.82) is 5.41 Å². The molecule has 138 valence electrons. The van der Waals surface area contributed by atoms with Crippen LogP contribution in [0.5, 0.6) is 0 Å². The fourth-order valence-electron chi connectivity index (χ4n) is 2.93. The first-order valence-corrected chi connectivity index (χ1v) is 8.44. The summed E-state index contributed by atoms with van der Waals surface area (Å²) in [7, 11) is 0. The number of nitrogens with two attached hydrogens (primary N) is 1. The van der Waals surface area contributed by atoms with Crippen molar-refractivity contribution in [3.05, 3.63) is 30.5 Å². The molecular formula is C17H21F2N7. The molecule has 0 aliphatic carbocycles. The van der Waals surface area contributed by atoms with E-state index in [4.69, 9.17) is 11.1 Å². The van der Waals surface area contributed by atoms with Crippen molar-refractivity contribution in [3.63, 3.8) is 0 Å². The van der Waals surface area contributed by atoms with Gasteiger partial charge in [-0.05, 0) is 37.5 Å². The number of anilines is 1. The van der Waals surface area contributed by atoms with Crippen LogP contribution in [0.15, 0.2) is 24.7 Å². The molecule has 7 nitrogen and oxygen atoms in total. The van der Waals surface area contributed by atoms with Crippen LogP contribution in [0.25, 0.3) is 17.5 Å². The number of nitrogens with one attached hydrogen (secondary N) is 2. The van der Waals surface area contributed by atoms with Crippen molar-refractivity contribution in [2.45, 2.75) is 19.3 Å².